The van der Waals surface area contributed by atoms with Gasteiger partial charge in [0.05, 0.1) is 11.7 Å². The largest absolute Gasteiger partial charge is 0.322 e. The zero-order chi connectivity index (χ0) is 13.1. The highest BCUT2D eigenvalue weighted by Crippen LogP contribution is 2.18. The molecule has 2 N–H and O–H groups in total. The Bertz CT molecular complexity index is 537. The zero-order valence-corrected chi connectivity index (χ0v) is 10.1. The summed E-state index contributed by atoms with van der Waals surface area (Å²) in [6.45, 7) is 2.67. The molecule has 0 fully saturated rings. The van der Waals surface area contributed by atoms with Gasteiger partial charge in [-0.25, -0.2) is 8.78 Å². The van der Waals surface area contributed by atoms with Gasteiger partial charge in [-0.1, -0.05) is 6.07 Å². The number of rotatable bonds is 4. The van der Waals surface area contributed by atoms with Gasteiger partial charge < -0.3 is 5.73 Å². The highest BCUT2D eigenvalue weighted by atomic mass is 19.1. The molecule has 18 heavy (non-hydrogen) atoms. The lowest BCUT2D eigenvalue weighted by Crippen LogP contribution is -2.18. The van der Waals surface area contributed by atoms with Crippen LogP contribution in [0.3, 0.4) is 0 Å². The van der Waals surface area contributed by atoms with E-state index in [-0.39, 0.29) is 6.04 Å². The molecule has 1 heterocycles. The summed E-state index contributed by atoms with van der Waals surface area (Å²) in [7, 11) is 0. The van der Waals surface area contributed by atoms with Crippen LogP contribution in [0.25, 0.3) is 0 Å². The molecule has 0 radical (unpaired) electrons. The average molecular weight is 251 g/mol. The van der Waals surface area contributed by atoms with Crippen molar-refractivity contribution in [2.24, 2.45) is 5.73 Å². The molecule has 0 bridgehead atoms. The van der Waals surface area contributed by atoms with Crippen molar-refractivity contribution >= 4 is 0 Å². The summed E-state index contributed by atoms with van der Waals surface area (Å²) in [6, 6.07) is 5.00. The van der Waals surface area contributed by atoms with Gasteiger partial charge in [-0.2, -0.15) is 5.10 Å². The number of benzene rings is 1. The average Bonchev–Trinajstić information content (AvgIpc) is 2.81. The SMILES string of the molecule is CCn1nccc1C(N)Cc1ccc(F)cc1F. The van der Waals surface area contributed by atoms with Crippen molar-refractivity contribution in [2.45, 2.75) is 25.9 Å². The van der Waals surface area contributed by atoms with E-state index in [9.17, 15) is 8.78 Å². The molecule has 0 saturated heterocycles. The summed E-state index contributed by atoms with van der Waals surface area (Å²) in [5.74, 6) is -1.14. The van der Waals surface area contributed by atoms with Crippen molar-refractivity contribution in [3.05, 3.63) is 53.4 Å². The predicted octanol–water partition coefficient (Wildman–Crippen LogP) is 2.42. The fraction of sp³-hybridized carbons (Fsp3) is 0.308. The van der Waals surface area contributed by atoms with Crippen molar-refractivity contribution in [1.82, 2.24) is 9.78 Å². The zero-order valence-electron chi connectivity index (χ0n) is 10.1. The molecule has 0 aliphatic rings. The third kappa shape index (κ3) is 2.56. The molecule has 3 nitrogen and oxygen atoms in total. The summed E-state index contributed by atoms with van der Waals surface area (Å²) in [5.41, 5.74) is 7.29. The quantitative estimate of drug-likeness (QED) is 0.907. The third-order valence-electron chi connectivity index (χ3n) is 2.88. The van der Waals surface area contributed by atoms with Crippen LogP contribution in [-0.4, -0.2) is 9.78 Å². The first-order valence-electron chi connectivity index (χ1n) is 5.83. The summed E-state index contributed by atoms with van der Waals surface area (Å²) in [5, 5.41) is 4.12. The smallest absolute Gasteiger partial charge is 0.129 e. The maximum Gasteiger partial charge on any atom is 0.129 e. The Labute approximate surface area is 104 Å². The Morgan fingerprint density at radius 2 is 2.11 bits per heavy atom. The number of nitrogens with two attached hydrogens (primary N) is 1. The Hall–Kier alpha value is -1.75. The molecule has 1 aromatic heterocycles. The van der Waals surface area contributed by atoms with E-state index >= 15 is 0 Å². The molecule has 1 unspecified atom stereocenters. The summed E-state index contributed by atoms with van der Waals surface area (Å²) < 4.78 is 28.1. The monoisotopic (exact) mass is 251 g/mol. The van der Waals surface area contributed by atoms with Crippen LogP contribution in [0.15, 0.2) is 30.5 Å². The standard InChI is InChI=1S/C13H15F2N3/c1-2-18-13(5-6-17-18)12(16)7-9-3-4-10(14)8-11(9)15/h3-6,8,12H,2,7,16H2,1H3. The van der Waals surface area contributed by atoms with Crippen molar-refractivity contribution in [3.63, 3.8) is 0 Å². The predicted molar refractivity (Wildman–Crippen MR) is 64.9 cm³/mol. The molecule has 0 saturated carbocycles. The number of halogens is 2. The second-order valence-electron chi connectivity index (χ2n) is 4.12. The van der Waals surface area contributed by atoms with Crippen LogP contribution >= 0.6 is 0 Å². The van der Waals surface area contributed by atoms with Gasteiger partial charge in [-0.3, -0.25) is 4.68 Å². The number of nitrogens with zero attached hydrogens (tertiary/aromatic N) is 2. The van der Waals surface area contributed by atoms with Crippen molar-refractivity contribution in [1.29, 1.82) is 0 Å². The Morgan fingerprint density at radius 3 is 2.78 bits per heavy atom. The summed E-state index contributed by atoms with van der Waals surface area (Å²) in [4.78, 5) is 0. The molecule has 0 spiro atoms. The van der Waals surface area contributed by atoms with Crippen LogP contribution in [0.5, 0.6) is 0 Å². The molecular formula is C13H15F2N3. The van der Waals surface area contributed by atoms with E-state index in [2.05, 4.69) is 5.10 Å². The molecule has 2 rings (SSSR count). The minimum atomic E-state index is -0.580. The summed E-state index contributed by atoms with van der Waals surface area (Å²) in [6.07, 6.45) is 1.98. The molecule has 0 aliphatic heterocycles. The van der Waals surface area contributed by atoms with Crippen LogP contribution in [0.1, 0.15) is 24.2 Å². The second-order valence-corrected chi connectivity index (χ2v) is 4.12. The van der Waals surface area contributed by atoms with Gasteiger partial charge in [-0.05, 0) is 31.0 Å². The maximum atomic E-state index is 13.5. The first-order chi connectivity index (χ1) is 8.61. The van der Waals surface area contributed by atoms with E-state index in [0.717, 1.165) is 11.8 Å². The van der Waals surface area contributed by atoms with Gasteiger partial charge in [0.15, 0.2) is 0 Å². The molecule has 1 aromatic carbocycles. The maximum absolute atomic E-state index is 13.5. The van der Waals surface area contributed by atoms with Crippen LogP contribution in [-0.2, 0) is 13.0 Å². The van der Waals surface area contributed by atoms with Gasteiger partial charge in [0.2, 0.25) is 0 Å². The highest BCUT2D eigenvalue weighted by molar-refractivity contribution is 5.21. The van der Waals surface area contributed by atoms with Crippen LogP contribution in [0.4, 0.5) is 8.78 Å². The first-order valence-corrected chi connectivity index (χ1v) is 5.83. The highest BCUT2D eigenvalue weighted by Gasteiger charge is 2.14. The van der Waals surface area contributed by atoms with E-state index in [4.69, 9.17) is 5.73 Å². The lowest BCUT2D eigenvalue weighted by molar-refractivity contribution is 0.541. The number of aryl methyl sites for hydroxylation is 1. The molecule has 0 amide bonds. The van der Waals surface area contributed by atoms with E-state index in [1.54, 1.807) is 10.9 Å². The molecule has 1 atom stereocenters. The summed E-state index contributed by atoms with van der Waals surface area (Å²) >= 11 is 0. The van der Waals surface area contributed by atoms with Crippen LogP contribution < -0.4 is 5.73 Å². The molecular weight excluding hydrogens is 236 g/mol. The van der Waals surface area contributed by atoms with Crippen LogP contribution in [0, 0.1) is 11.6 Å². The van der Waals surface area contributed by atoms with Crippen molar-refractivity contribution in [3.8, 4) is 0 Å². The topological polar surface area (TPSA) is 43.8 Å². The van der Waals surface area contributed by atoms with Gasteiger partial charge in [0.1, 0.15) is 11.6 Å². The molecule has 0 aliphatic carbocycles. The van der Waals surface area contributed by atoms with Gasteiger partial charge in [-0.15, -0.1) is 0 Å². The van der Waals surface area contributed by atoms with Crippen molar-refractivity contribution in [2.75, 3.05) is 0 Å². The van der Waals surface area contributed by atoms with E-state index in [1.807, 2.05) is 13.0 Å². The fourth-order valence-corrected chi connectivity index (χ4v) is 1.95. The third-order valence-corrected chi connectivity index (χ3v) is 2.88. The number of hydrogen-bond acceptors (Lipinski definition) is 2. The Kier molecular flexibility index (Phi) is 3.72. The molecule has 2 aromatic rings. The fourth-order valence-electron chi connectivity index (χ4n) is 1.95. The van der Waals surface area contributed by atoms with E-state index in [1.165, 1.54) is 12.1 Å². The minimum absolute atomic E-state index is 0.317. The van der Waals surface area contributed by atoms with E-state index in [0.29, 0.717) is 18.5 Å². The van der Waals surface area contributed by atoms with E-state index < -0.39 is 11.6 Å². The second kappa shape index (κ2) is 5.27. The Balaban J connectivity index is 2.18. The first kappa shape index (κ1) is 12.7. The molecule has 5 heteroatoms. The number of hydrogen-bond donors (Lipinski definition) is 1. The van der Waals surface area contributed by atoms with Crippen LogP contribution in [0.2, 0.25) is 0 Å². The molecule has 96 valence electrons. The lowest BCUT2D eigenvalue weighted by Gasteiger charge is -2.14. The lowest BCUT2D eigenvalue weighted by atomic mass is 10.0. The van der Waals surface area contributed by atoms with Crippen molar-refractivity contribution < 1.29 is 8.78 Å². The van der Waals surface area contributed by atoms with Gasteiger partial charge in [0.25, 0.3) is 0 Å². The Morgan fingerprint density at radius 1 is 1.33 bits per heavy atom. The number of aromatic nitrogens is 2. The van der Waals surface area contributed by atoms with Gasteiger partial charge in [0, 0.05) is 18.8 Å². The van der Waals surface area contributed by atoms with Gasteiger partial charge >= 0.3 is 0 Å². The minimum Gasteiger partial charge on any atom is -0.322 e. The normalized spacial score (nSPS) is 12.7.